The fraction of sp³-hybridized carbons (Fsp3) is 0.467. The van der Waals surface area contributed by atoms with Crippen molar-refractivity contribution in [2.75, 3.05) is 0 Å². The van der Waals surface area contributed by atoms with Crippen LogP contribution in [0.25, 0.3) is 0 Å². The lowest BCUT2D eigenvalue weighted by Crippen LogP contribution is -2.44. The van der Waals surface area contributed by atoms with Crippen molar-refractivity contribution >= 4 is 11.9 Å². The van der Waals surface area contributed by atoms with Crippen LogP contribution in [0.5, 0.6) is 5.75 Å². The molecule has 0 amide bonds. The summed E-state index contributed by atoms with van der Waals surface area (Å²) in [6.45, 7) is 7.39. The van der Waals surface area contributed by atoms with Gasteiger partial charge in [0.15, 0.2) is 0 Å². The predicted octanol–water partition coefficient (Wildman–Crippen LogP) is -0.343. The Bertz CT molecular complexity index is 526. The lowest BCUT2D eigenvalue weighted by molar-refractivity contribution is -0.331. The van der Waals surface area contributed by atoms with Crippen molar-refractivity contribution in [2.45, 2.75) is 39.5 Å². The van der Waals surface area contributed by atoms with Crippen LogP contribution in [-0.2, 0) is 21.4 Å². The molecule has 0 saturated carbocycles. The second-order valence-electron chi connectivity index (χ2n) is 5.95. The van der Waals surface area contributed by atoms with Crippen molar-refractivity contribution in [1.29, 1.82) is 0 Å². The van der Waals surface area contributed by atoms with E-state index in [2.05, 4.69) is 0 Å². The van der Waals surface area contributed by atoms with Gasteiger partial charge in [-0.3, -0.25) is 0 Å². The molecule has 0 spiro atoms. The van der Waals surface area contributed by atoms with E-state index < -0.39 is 17.9 Å². The molecular weight excluding hydrogens is 260 g/mol. The summed E-state index contributed by atoms with van der Waals surface area (Å²) in [7, 11) is 0. The minimum atomic E-state index is -1.70. The van der Waals surface area contributed by atoms with Gasteiger partial charge in [0.1, 0.15) is 5.75 Å². The Morgan fingerprint density at radius 2 is 1.70 bits per heavy atom. The van der Waals surface area contributed by atoms with Gasteiger partial charge in [-0.2, -0.15) is 0 Å². The summed E-state index contributed by atoms with van der Waals surface area (Å²) >= 11 is 0. The summed E-state index contributed by atoms with van der Waals surface area (Å²) in [6, 6.07) is 3.20. The summed E-state index contributed by atoms with van der Waals surface area (Å²) in [5, 5.41) is 31.6. The van der Waals surface area contributed by atoms with Gasteiger partial charge >= 0.3 is 0 Å². The molecular formula is C15H18O5-2. The van der Waals surface area contributed by atoms with E-state index >= 15 is 0 Å². The lowest BCUT2D eigenvalue weighted by atomic mass is 9.83. The Labute approximate surface area is 117 Å². The van der Waals surface area contributed by atoms with Crippen molar-refractivity contribution in [3.63, 3.8) is 0 Å². The first-order valence-corrected chi connectivity index (χ1v) is 6.28. The van der Waals surface area contributed by atoms with Crippen molar-refractivity contribution in [3.05, 3.63) is 28.8 Å². The predicted molar refractivity (Wildman–Crippen MR) is 68.8 cm³/mol. The second kappa shape index (κ2) is 5.53. The van der Waals surface area contributed by atoms with Crippen molar-refractivity contribution < 1.29 is 24.9 Å². The number of hydrogen-bond donors (Lipinski definition) is 1. The maximum atomic E-state index is 10.8. The van der Waals surface area contributed by atoms with Gasteiger partial charge in [-0.1, -0.05) is 32.9 Å². The van der Waals surface area contributed by atoms with E-state index in [0.717, 1.165) is 0 Å². The number of carbonyl (C=O) groups is 2. The van der Waals surface area contributed by atoms with E-state index in [4.69, 9.17) is 0 Å². The second-order valence-corrected chi connectivity index (χ2v) is 5.95. The van der Waals surface area contributed by atoms with Crippen LogP contribution < -0.4 is 10.2 Å². The summed E-state index contributed by atoms with van der Waals surface area (Å²) in [5.41, 5.74) is 1.39. The standard InChI is InChI=1S/C15H20O5/c1-8-5-9(6-10(13(17)18)14(19)20)7-11(12(8)16)15(2,3)4/h5,7,10,16H,6H2,1-4H3,(H,17,18)(H,19,20)/p-2. The molecule has 1 rings (SSSR count). The minimum absolute atomic E-state index is 0.139. The van der Waals surface area contributed by atoms with Gasteiger partial charge < -0.3 is 24.9 Å². The summed E-state index contributed by atoms with van der Waals surface area (Å²) in [4.78, 5) is 21.6. The number of aromatic hydroxyl groups is 1. The summed E-state index contributed by atoms with van der Waals surface area (Å²) < 4.78 is 0. The van der Waals surface area contributed by atoms with Crippen LogP contribution in [0.1, 0.15) is 37.5 Å². The number of phenolic OH excluding ortho intramolecular Hbond substituents is 1. The van der Waals surface area contributed by atoms with Gasteiger partial charge in [0, 0.05) is 5.92 Å². The SMILES string of the molecule is Cc1cc(CC(C(=O)[O-])C(=O)[O-])cc(C(C)(C)C)c1O. The first-order valence-electron chi connectivity index (χ1n) is 6.28. The average molecular weight is 278 g/mol. The molecule has 1 aromatic rings. The number of benzene rings is 1. The fourth-order valence-corrected chi connectivity index (χ4v) is 2.04. The monoisotopic (exact) mass is 278 g/mol. The molecule has 0 radical (unpaired) electrons. The van der Waals surface area contributed by atoms with Crippen LogP contribution >= 0.6 is 0 Å². The van der Waals surface area contributed by atoms with Gasteiger partial charge in [-0.15, -0.1) is 0 Å². The molecule has 0 bridgehead atoms. The van der Waals surface area contributed by atoms with E-state index in [9.17, 15) is 24.9 Å². The number of carboxylic acids is 2. The summed E-state index contributed by atoms with van der Waals surface area (Å²) in [5.74, 6) is -4.91. The maximum Gasteiger partial charge on any atom is 0.122 e. The van der Waals surface area contributed by atoms with Crippen LogP contribution in [-0.4, -0.2) is 17.0 Å². The van der Waals surface area contributed by atoms with E-state index in [-0.39, 0.29) is 17.6 Å². The third-order valence-corrected chi connectivity index (χ3v) is 3.18. The molecule has 0 atom stereocenters. The molecule has 0 fully saturated rings. The number of aliphatic carboxylic acids is 2. The quantitative estimate of drug-likeness (QED) is 0.759. The van der Waals surface area contributed by atoms with Crippen LogP contribution in [0.3, 0.4) is 0 Å². The van der Waals surface area contributed by atoms with Crippen molar-refractivity contribution in [3.8, 4) is 5.75 Å². The van der Waals surface area contributed by atoms with Gasteiger partial charge in [0.05, 0.1) is 11.9 Å². The number of carboxylic acid groups (broad SMARTS) is 2. The van der Waals surface area contributed by atoms with Crippen LogP contribution in [0, 0.1) is 12.8 Å². The highest BCUT2D eigenvalue weighted by Crippen LogP contribution is 2.34. The van der Waals surface area contributed by atoms with Gasteiger partial charge in [-0.05, 0) is 35.4 Å². The van der Waals surface area contributed by atoms with Crippen LogP contribution in [0.15, 0.2) is 12.1 Å². The normalized spacial score (nSPS) is 11.7. The Kier molecular flexibility index (Phi) is 4.43. The summed E-state index contributed by atoms with van der Waals surface area (Å²) in [6.07, 6.45) is -0.227. The molecule has 5 heteroatoms. The molecule has 1 aromatic carbocycles. The van der Waals surface area contributed by atoms with Crippen molar-refractivity contribution in [2.24, 2.45) is 5.92 Å². The lowest BCUT2D eigenvalue weighted by Gasteiger charge is -2.24. The zero-order valence-electron chi connectivity index (χ0n) is 12.0. The van der Waals surface area contributed by atoms with Crippen LogP contribution in [0.2, 0.25) is 0 Å². The zero-order valence-corrected chi connectivity index (χ0v) is 12.0. The van der Waals surface area contributed by atoms with Gasteiger partial charge in [-0.25, -0.2) is 0 Å². The zero-order chi connectivity index (χ0) is 15.7. The third-order valence-electron chi connectivity index (χ3n) is 3.18. The first kappa shape index (κ1) is 16.0. The molecule has 0 aliphatic rings. The molecule has 1 N–H and O–H groups in total. The number of rotatable bonds is 4. The minimum Gasteiger partial charge on any atom is -0.549 e. The van der Waals surface area contributed by atoms with Gasteiger partial charge in [0.25, 0.3) is 0 Å². The largest absolute Gasteiger partial charge is 0.549 e. The van der Waals surface area contributed by atoms with Gasteiger partial charge in [0.2, 0.25) is 0 Å². The van der Waals surface area contributed by atoms with E-state index in [1.165, 1.54) is 0 Å². The molecule has 20 heavy (non-hydrogen) atoms. The molecule has 0 aliphatic heterocycles. The Morgan fingerprint density at radius 3 is 2.10 bits per heavy atom. The Hall–Kier alpha value is -2.04. The topological polar surface area (TPSA) is 100 Å². The smallest absolute Gasteiger partial charge is 0.122 e. The molecule has 0 unspecified atom stereocenters. The van der Waals surface area contributed by atoms with E-state index in [1.807, 2.05) is 20.8 Å². The number of aryl methyl sites for hydroxylation is 1. The third kappa shape index (κ3) is 3.50. The molecule has 0 aliphatic carbocycles. The highest BCUT2D eigenvalue weighted by Gasteiger charge is 2.21. The van der Waals surface area contributed by atoms with E-state index in [1.54, 1.807) is 19.1 Å². The maximum absolute atomic E-state index is 10.8. The Balaban J connectivity index is 3.24. The number of phenols is 1. The molecule has 110 valence electrons. The molecule has 0 aromatic heterocycles. The van der Waals surface area contributed by atoms with E-state index in [0.29, 0.717) is 16.7 Å². The average Bonchev–Trinajstić information content (AvgIpc) is 2.27. The Morgan fingerprint density at radius 1 is 1.20 bits per heavy atom. The first-order chi connectivity index (χ1) is 9.04. The number of carbonyl (C=O) groups excluding carboxylic acids is 2. The molecule has 0 heterocycles. The molecule has 5 nitrogen and oxygen atoms in total. The molecule has 0 saturated heterocycles. The fourth-order valence-electron chi connectivity index (χ4n) is 2.04. The van der Waals surface area contributed by atoms with Crippen LogP contribution in [0.4, 0.5) is 0 Å². The highest BCUT2D eigenvalue weighted by molar-refractivity contribution is 5.91. The number of hydrogen-bond acceptors (Lipinski definition) is 5. The van der Waals surface area contributed by atoms with Crippen molar-refractivity contribution in [1.82, 2.24) is 0 Å². The highest BCUT2D eigenvalue weighted by atomic mass is 16.4.